The van der Waals surface area contributed by atoms with Crippen LogP contribution in [0.4, 0.5) is 4.39 Å². The van der Waals surface area contributed by atoms with Gasteiger partial charge in [-0.15, -0.1) is 0 Å². The molecule has 0 spiro atoms. The van der Waals surface area contributed by atoms with Gasteiger partial charge in [-0.1, -0.05) is 6.07 Å². The van der Waals surface area contributed by atoms with Gasteiger partial charge in [0.05, 0.1) is 11.2 Å². The monoisotopic (exact) mass is 269 g/mol. The SMILES string of the molecule is Cc1ccc(C(=O)NCC2(O)CCSC2)c(F)c1. The molecule has 1 fully saturated rings. The number of thioether (sulfide) groups is 1. The van der Waals surface area contributed by atoms with E-state index in [9.17, 15) is 14.3 Å². The maximum atomic E-state index is 13.6. The lowest BCUT2D eigenvalue weighted by Crippen LogP contribution is -2.43. The molecule has 1 unspecified atom stereocenters. The van der Waals surface area contributed by atoms with Crippen molar-refractivity contribution in [1.82, 2.24) is 5.32 Å². The Labute approximate surface area is 110 Å². The number of nitrogens with one attached hydrogen (secondary N) is 1. The van der Waals surface area contributed by atoms with E-state index in [4.69, 9.17) is 0 Å². The van der Waals surface area contributed by atoms with Gasteiger partial charge in [0.25, 0.3) is 5.91 Å². The van der Waals surface area contributed by atoms with Gasteiger partial charge in [-0.25, -0.2) is 4.39 Å². The normalized spacial score (nSPS) is 23.1. The van der Waals surface area contributed by atoms with E-state index >= 15 is 0 Å². The van der Waals surface area contributed by atoms with Gasteiger partial charge in [0.1, 0.15) is 5.82 Å². The first kappa shape index (κ1) is 13.4. The maximum absolute atomic E-state index is 13.6. The van der Waals surface area contributed by atoms with Crippen LogP contribution < -0.4 is 5.32 Å². The molecule has 2 rings (SSSR count). The predicted octanol–water partition coefficient (Wildman–Crippen LogP) is 1.73. The molecule has 0 bridgehead atoms. The molecule has 2 N–H and O–H groups in total. The van der Waals surface area contributed by atoms with Gasteiger partial charge in [-0.3, -0.25) is 4.79 Å². The second-order valence-corrected chi connectivity index (χ2v) is 5.80. The number of hydrogen-bond donors (Lipinski definition) is 2. The molecule has 3 nitrogen and oxygen atoms in total. The third kappa shape index (κ3) is 3.03. The van der Waals surface area contributed by atoms with Crippen LogP contribution in [0, 0.1) is 12.7 Å². The van der Waals surface area contributed by atoms with Crippen molar-refractivity contribution in [2.24, 2.45) is 0 Å². The highest BCUT2D eigenvalue weighted by Gasteiger charge is 2.32. The molecule has 0 radical (unpaired) electrons. The number of aliphatic hydroxyl groups is 1. The Hall–Kier alpha value is -1.07. The van der Waals surface area contributed by atoms with Crippen molar-refractivity contribution in [3.63, 3.8) is 0 Å². The molecule has 1 amide bonds. The van der Waals surface area contributed by atoms with E-state index in [1.54, 1.807) is 24.8 Å². The zero-order chi connectivity index (χ0) is 13.2. The van der Waals surface area contributed by atoms with E-state index in [0.29, 0.717) is 12.2 Å². The Kier molecular flexibility index (Phi) is 3.92. The summed E-state index contributed by atoms with van der Waals surface area (Å²) >= 11 is 1.66. The minimum atomic E-state index is -0.846. The second-order valence-electron chi connectivity index (χ2n) is 4.69. The van der Waals surface area contributed by atoms with E-state index in [1.165, 1.54) is 12.1 Å². The Bertz CT molecular complexity index is 458. The highest BCUT2D eigenvalue weighted by atomic mass is 32.2. The average Bonchev–Trinajstić information content (AvgIpc) is 2.74. The van der Waals surface area contributed by atoms with E-state index in [2.05, 4.69) is 5.32 Å². The highest BCUT2D eigenvalue weighted by Crippen LogP contribution is 2.27. The number of hydrogen-bond acceptors (Lipinski definition) is 3. The largest absolute Gasteiger partial charge is 0.387 e. The molecule has 1 aromatic carbocycles. The molecule has 0 aliphatic carbocycles. The van der Waals surface area contributed by atoms with Crippen molar-refractivity contribution in [2.45, 2.75) is 18.9 Å². The van der Waals surface area contributed by atoms with Crippen LogP contribution in [-0.2, 0) is 0 Å². The van der Waals surface area contributed by atoms with Gasteiger partial charge in [-0.2, -0.15) is 11.8 Å². The third-order valence-corrected chi connectivity index (χ3v) is 4.26. The van der Waals surface area contributed by atoms with Gasteiger partial charge in [-0.05, 0) is 36.8 Å². The quantitative estimate of drug-likeness (QED) is 0.878. The molecule has 0 saturated carbocycles. The highest BCUT2D eigenvalue weighted by molar-refractivity contribution is 7.99. The van der Waals surface area contributed by atoms with Crippen LogP contribution in [0.15, 0.2) is 18.2 Å². The number of carbonyl (C=O) groups excluding carboxylic acids is 1. The van der Waals surface area contributed by atoms with Crippen LogP contribution in [0.5, 0.6) is 0 Å². The van der Waals surface area contributed by atoms with E-state index in [1.807, 2.05) is 0 Å². The van der Waals surface area contributed by atoms with Crippen LogP contribution in [0.3, 0.4) is 0 Å². The van der Waals surface area contributed by atoms with Crippen molar-refractivity contribution >= 4 is 17.7 Å². The van der Waals surface area contributed by atoms with E-state index < -0.39 is 17.3 Å². The number of benzene rings is 1. The molecule has 1 heterocycles. The Morgan fingerprint density at radius 1 is 1.61 bits per heavy atom. The molecular weight excluding hydrogens is 253 g/mol. The zero-order valence-corrected chi connectivity index (χ0v) is 11.0. The molecule has 1 aromatic rings. The van der Waals surface area contributed by atoms with Crippen LogP contribution >= 0.6 is 11.8 Å². The molecule has 18 heavy (non-hydrogen) atoms. The number of aryl methyl sites for hydroxylation is 1. The zero-order valence-electron chi connectivity index (χ0n) is 10.2. The van der Waals surface area contributed by atoms with Crippen molar-refractivity contribution < 1.29 is 14.3 Å². The summed E-state index contributed by atoms with van der Waals surface area (Å²) in [5, 5.41) is 12.7. The maximum Gasteiger partial charge on any atom is 0.254 e. The summed E-state index contributed by atoms with van der Waals surface area (Å²) in [6.07, 6.45) is 0.661. The Balaban J connectivity index is 1.99. The summed E-state index contributed by atoms with van der Waals surface area (Å²) in [7, 11) is 0. The summed E-state index contributed by atoms with van der Waals surface area (Å²) in [5.41, 5.74) is -0.0497. The molecule has 1 aliphatic heterocycles. The molecular formula is C13H16FNO2S. The van der Waals surface area contributed by atoms with Crippen molar-refractivity contribution in [3.05, 3.63) is 35.1 Å². The first-order valence-corrected chi connectivity index (χ1v) is 7.00. The van der Waals surface area contributed by atoms with Crippen LogP contribution in [0.1, 0.15) is 22.3 Å². The van der Waals surface area contributed by atoms with Crippen molar-refractivity contribution in [1.29, 1.82) is 0 Å². The fraction of sp³-hybridized carbons (Fsp3) is 0.462. The molecule has 1 atom stereocenters. The van der Waals surface area contributed by atoms with E-state index in [0.717, 1.165) is 11.3 Å². The predicted molar refractivity (Wildman–Crippen MR) is 70.4 cm³/mol. The van der Waals surface area contributed by atoms with Crippen molar-refractivity contribution in [3.8, 4) is 0 Å². The Morgan fingerprint density at radius 3 is 3.00 bits per heavy atom. The molecule has 0 aromatic heterocycles. The first-order chi connectivity index (χ1) is 8.50. The topological polar surface area (TPSA) is 49.3 Å². The number of amides is 1. The van der Waals surface area contributed by atoms with Gasteiger partial charge in [0.15, 0.2) is 0 Å². The summed E-state index contributed by atoms with van der Waals surface area (Å²) < 4.78 is 13.6. The van der Waals surface area contributed by atoms with Gasteiger partial charge in [0, 0.05) is 12.3 Å². The lowest BCUT2D eigenvalue weighted by atomic mass is 10.0. The average molecular weight is 269 g/mol. The molecule has 1 saturated heterocycles. The number of carbonyl (C=O) groups is 1. The summed E-state index contributed by atoms with van der Waals surface area (Å²) in [5.74, 6) is 0.507. The van der Waals surface area contributed by atoms with Crippen molar-refractivity contribution in [2.75, 3.05) is 18.1 Å². The van der Waals surface area contributed by atoms with Gasteiger partial charge >= 0.3 is 0 Å². The lowest BCUT2D eigenvalue weighted by Gasteiger charge is -2.21. The fourth-order valence-electron chi connectivity index (χ4n) is 1.88. The van der Waals surface area contributed by atoms with Gasteiger partial charge < -0.3 is 10.4 Å². The summed E-state index contributed by atoms with van der Waals surface area (Å²) in [6.45, 7) is 1.94. The van der Waals surface area contributed by atoms with Gasteiger partial charge in [0.2, 0.25) is 0 Å². The smallest absolute Gasteiger partial charge is 0.254 e. The number of halogens is 1. The summed E-state index contributed by atoms with van der Waals surface area (Å²) in [6, 6.07) is 4.49. The Morgan fingerprint density at radius 2 is 2.39 bits per heavy atom. The molecule has 1 aliphatic rings. The molecule has 5 heteroatoms. The van der Waals surface area contributed by atoms with E-state index in [-0.39, 0.29) is 12.1 Å². The van der Waals surface area contributed by atoms with Crippen LogP contribution in [0.2, 0.25) is 0 Å². The van der Waals surface area contributed by atoms with Crippen LogP contribution in [0.25, 0.3) is 0 Å². The fourth-order valence-corrected chi connectivity index (χ4v) is 3.18. The van der Waals surface area contributed by atoms with Crippen LogP contribution in [-0.4, -0.2) is 34.7 Å². The minimum Gasteiger partial charge on any atom is -0.387 e. The second kappa shape index (κ2) is 5.28. The molecule has 98 valence electrons. The standard InChI is InChI=1S/C13H16FNO2S/c1-9-2-3-10(11(14)6-9)12(16)15-7-13(17)4-5-18-8-13/h2-3,6,17H,4-5,7-8H2,1H3,(H,15,16). The third-order valence-electron chi connectivity index (χ3n) is 3.03. The summed E-state index contributed by atoms with van der Waals surface area (Å²) in [4.78, 5) is 11.8. The minimum absolute atomic E-state index is 0.0230. The lowest BCUT2D eigenvalue weighted by molar-refractivity contribution is 0.0611. The number of rotatable bonds is 3. The first-order valence-electron chi connectivity index (χ1n) is 5.85.